The van der Waals surface area contributed by atoms with Crippen molar-refractivity contribution in [2.45, 2.75) is 59.9 Å². The summed E-state index contributed by atoms with van der Waals surface area (Å²) in [5, 5.41) is 6.06. The van der Waals surface area contributed by atoms with Gasteiger partial charge < -0.3 is 15.4 Å². The molecule has 6 nitrogen and oxygen atoms in total. The molecule has 1 aliphatic rings. The van der Waals surface area contributed by atoms with Gasteiger partial charge in [0.05, 0.1) is 13.2 Å². The van der Waals surface area contributed by atoms with Crippen LogP contribution in [-0.2, 0) is 11.3 Å². The van der Waals surface area contributed by atoms with E-state index < -0.39 is 0 Å². The third kappa shape index (κ3) is 8.34. The molecule has 0 bridgehead atoms. The van der Waals surface area contributed by atoms with Gasteiger partial charge >= 0.3 is 0 Å². The molecule has 1 heterocycles. The van der Waals surface area contributed by atoms with Gasteiger partial charge in [-0.05, 0) is 56.2 Å². The molecule has 0 aliphatic carbocycles. The first-order valence-electron chi connectivity index (χ1n) is 11.4. The highest BCUT2D eigenvalue weighted by atomic mass is 16.5. The topological polar surface area (TPSA) is 70.7 Å². The number of hydrogen-bond acceptors (Lipinski definition) is 4. The average molecular weight is 418 g/mol. The van der Waals surface area contributed by atoms with Crippen molar-refractivity contribution < 1.29 is 14.3 Å². The summed E-state index contributed by atoms with van der Waals surface area (Å²) in [6.45, 7) is 12.1. The molecule has 0 atom stereocenters. The van der Waals surface area contributed by atoms with Gasteiger partial charge in [-0.1, -0.05) is 33.8 Å². The molecule has 2 N–H and O–H groups in total. The number of carbonyl (C=O) groups is 2. The van der Waals surface area contributed by atoms with Crippen LogP contribution in [0, 0.1) is 11.8 Å². The zero-order chi connectivity index (χ0) is 21.9. The molecule has 1 aliphatic heterocycles. The fraction of sp³-hybridized carbons (Fsp3) is 0.667. The fourth-order valence-corrected chi connectivity index (χ4v) is 3.42. The molecule has 168 valence electrons. The summed E-state index contributed by atoms with van der Waals surface area (Å²) in [6, 6.07) is 5.68. The molecule has 0 radical (unpaired) electrons. The van der Waals surface area contributed by atoms with Crippen LogP contribution < -0.4 is 15.4 Å². The number of benzene rings is 1. The maximum atomic E-state index is 12.9. The Morgan fingerprint density at radius 2 is 1.93 bits per heavy atom. The predicted octanol–water partition coefficient (Wildman–Crippen LogP) is 3.60. The van der Waals surface area contributed by atoms with Gasteiger partial charge in [-0.15, -0.1) is 0 Å². The van der Waals surface area contributed by atoms with E-state index in [0.717, 1.165) is 43.5 Å². The van der Waals surface area contributed by atoms with E-state index in [-0.39, 0.29) is 11.8 Å². The Kier molecular flexibility index (Phi) is 10.1. The molecule has 30 heavy (non-hydrogen) atoms. The summed E-state index contributed by atoms with van der Waals surface area (Å²) in [4.78, 5) is 27.5. The Balaban J connectivity index is 2.33. The zero-order valence-electron chi connectivity index (χ0n) is 19.1. The normalized spacial score (nSPS) is 16.7. The van der Waals surface area contributed by atoms with Gasteiger partial charge in [-0.3, -0.25) is 14.5 Å². The van der Waals surface area contributed by atoms with E-state index in [0.29, 0.717) is 50.2 Å². The van der Waals surface area contributed by atoms with Crippen molar-refractivity contribution in [3.05, 3.63) is 29.3 Å². The lowest BCUT2D eigenvalue weighted by Crippen LogP contribution is -2.38. The smallest absolute Gasteiger partial charge is 0.251 e. The van der Waals surface area contributed by atoms with Crippen molar-refractivity contribution in [3.63, 3.8) is 0 Å². The van der Waals surface area contributed by atoms with E-state index in [1.165, 1.54) is 0 Å². The SMILES string of the molecule is CC(C)CCN1CC(=O)NCCCCCOc2cccc(C(=O)NCC(C)C)c2C1. The second-order valence-electron chi connectivity index (χ2n) is 9.04. The number of rotatable bonds is 6. The molecule has 0 aromatic heterocycles. The van der Waals surface area contributed by atoms with Crippen LogP contribution in [0.2, 0.25) is 0 Å². The highest BCUT2D eigenvalue weighted by molar-refractivity contribution is 5.96. The molecule has 2 rings (SSSR count). The number of amides is 2. The van der Waals surface area contributed by atoms with Crippen LogP contribution in [0.25, 0.3) is 0 Å². The molecule has 0 fully saturated rings. The van der Waals surface area contributed by atoms with Crippen molar-refractivity contribution in [1.29, 1.82) is 0 Å². The van der Waals surface area contributed by atoms with Gasteiger partial charge in [0.15, 0.2) is 0 Å². The van der Waals surface area contributed by atoms with Crippen molar-refractivity contribution in [2.24, 2.45) is 11.8 Å². The molecule has 6 heteroatoms. The molecule has 0 spiro atoms. The number of nitrogens with one attached hydrogen (secondary N) is 2. The van der Waals surface area contributed by atoms with Crippen molar-refractivity contribution in [3.8, 4) is 5.75 Å². The number of carbonyl (C=O) groups excluding carboxylic acids is 2. The summed E-state index contributed by atoms with van der Waals surface area (Å²) in [5.74, 6) is 1.63. The first-order chi connectivity index (χ1) is 14.4. The van der Waals surface area contributed by atoms with E-state index in [4.69, 9.17) is 4.74 Å². The third-order valence-electron chi connectivity index (χ3n) is 5.22. The molecule has 0 saturated heterocycles. The maximum Gasteiger partial charge on any atom is 0.251 e. The lowest BCUT2D eigenvalue weighted by molar-refractivity contribution is -0.122. The zero-order valence-corrected chi connectivity index (χ0v) is 19.1. The summed E-state index contributed by atoms with van der Waals surface area (Å²) < 4.78 is 6.11. The number of nitrogens with zero attached hydrogens (tertiary/aromatic N) is 1. The van der Waals surface area contributed by atoms with Crippen LogP contribution >= 0.6 is 0 Å². The molecule has 2 amide bonds. The van der Waals surface area contributed by atoms with Gasteiger partial charge in [-0.2, -0.15) is 0 Å². The number of hydrogen-bond donors (Lipinski definition) is 2. The monoisotopic (exact) mass is 417 g/mol. The van der Waals surface area contributed by atoms with E-state index in [1.54, 1.807) is 0 Å². The molecule has 1 aromatic carbocycles. The molecular formula is C24H39N3O3. The van der Waals surface area contributed by atoms with Crippen molar-refractivity contribution >= 4 is 11.8 Å². The lowest BCUT2D eigenvalue weighted by atomic mass is 10.0. The minimum atomic E-state index is -0.0817. The Morgan fingerprint density at radius 1 is 1.13 bits per heavy atom. The minimum absolute atomic E-state index is 0.0437. The Labute approximate surface area is 181 Å². The van der Waals surface area contributed by atoms with Crippen molar-refractivity contribution in [2.75, 3.05) is 32.8 Å². The second-order valence-corrected chi connectivity index (χ2v) is 9.04. The van der Waals surface area contributed by atoms with Gasteiger partial charge in [0.25, 0.3) is 5.91 Å². The van der Waals surface area contributed by atoms with E-state index >= 15 is 0 Å². The van der Waals surface area contributed by atoms with E-state index in [2.05, 4.69) is 43.2 Å². The molecule has 0 saturated carbocycles. The van der Waals surface area contributed by atoms with Crippen LogP contribution in [0.15, 0.2) is 18.2 Å². The summed E-state index contributed by atoms with van der Waals surface area (Å²) >= 11 is 0. The van der Waals surface area contributed by atoms with Crippen LogP contribution in [0.4, 0.5) is 0 Å². The summed E-state index contributed by atoms with van der Waals surface area (Å²) in [5.41, 5.74) is 1.51. The molecule has 1 aromatic rings. The predicted molar refractivity (Wildman–Crippen MR) is 121 cm³/mol. The Hall–Kier alpha value is -2.08. The average Bonchev–Trinajstić information content (AvgIpc) is 2.71. The van der Waals surface area contributed by atoms with Crippen molar-refractivity contribution in [1.82, 2.24) is 15.5 Å². The second kappa shape index (κ2) is 12.6. The standard InChI is InChI=1S/C24H39N3O3/c1-18(2)11-13-27-16-21-20(24(29)26-15-19(3)4)9-8-10-22(21)30-14-7-5-6-12-25-23(28)17-27/h8-10,18-19H,5-7,11-17H2,1-4H3,(H,25,28)(H,26,29). The first kappa shape index (κ1) is 24.2. The van der Waals surface area contributed by atoms with Crippen LogP contribution in [-0.4, -0.2) is 49.5 Å². The summed E-state index contributed by atoms with van der Waals surface area (Å²) in [7, 11) is 0. The van der Waals surface area contributed by atoms with E-state index in [9.17, 15) is 9.59 Å². The fourth-order valence-electron chi connectivity index (χ4n) is 3.42. The van der Waals surface area contributed by atoms with Crippen LogP contribution in [0.5, 0.6) is 5.75 Å². The maximum absolute atomic E-state index is 12.9. The minimum Gasteiger partial charge on any atom is -0.493 e. The van der Waals surface area contributed by atoms with Gasteiger partial charge in [-0.25, -0.2) is 0 Å². The summed E-state index contributed by atoms with van der Waals surface area (Å²) in [6.07, 6.45) is 3.87. The van der Waals surface area contributed by atoms with Gasteiger partial charge in [0, 0.05) is 30.8 Å². The van der Waals surface area contributed by atoms with Crippen LogP contribution in [0.1, 0.15) is 69.3 Å². The van der Waals surface area contributed by atoms with Crippen LogP contribution in [0.3, 0.4) is 0 Å². The highest BCUT2D eigenvalue weighted by Crippen LogP contribution is 2.25. The molecular weight excluding hydrogens is 378 g/mol. The van der Waals surface area contributed by atoms with Gasteiger partial charge in [0.1, 0.15) is 5.75 Å². The number of fused-ring (bicyclic) bond motifs is 1. The highest BCUT2D eigenvalue weighted by Gasteiger charge is 2.21. The first-order valence-corrected chi connectivity index (χ1v) is 11.4. The van der Waals surface area contributed by atoms with Gasteiger partial charge in [0.2, 0.25) is 5.91 Å². The Bertz CT molecular complexity index is 688. The number of ether oxygens (including phenoxy) is 1. The lowest BCUT2D eigenvalue weighted by Gasteiger charge is -2.25. The van der Waals surface area contributed by atoms with E-state index in [1.807, 2.05) is 18.2 Å². The quantitative estimate of drug-likeness (QED) is 0.742. The largest absolute Gasteiger partial charge is 0.493 e. The molecule has 0 unspecified atom stereocenters. The Morgan fingerprint density at radius 3 is 2.67 bits per heavy atom. The third-order valence-corrected chi connectivity index (χ3v) is 5.22.